The Morgan fingerprint density at radius 2 is 1.92 bits per heavy atom. The Labute approximate surface area is 202 Å². The molecule has 2 aromatic carbocycles. The zero-order valence-corrected chi connectivity index (χ0v) is 18.6. The van der Waals surface area contributed by atoms with E-state index >= 15 is 0 Å². The number of alkyl halides is 2. The zero-order chi connectivity index (χ0) is 24.9. The van der Waals surface area contributed by atoms with Crippen molar-refractivity contribution in [3.63, 3.8) is 0 Å². The molecule has 0 saturated carbocycles. The molecule has 5 aromatic rings. The molecule has 6 rings (SSSR count). The summed E-state index contributed by atoms with van der Waals surface area (Å²) in [5.74, 6) is -2.80. The number of benzene rings is 2. The Balaban J connectivity index is 1.22. The Morgan fingerprint density at radius 3 is 2.67 bits per heavy atom. The van der Waals surface area contributed by atoms with Gasteiger partial charge in [-0.3, -0.25) is 9.89 Å². The maximum atomic E-state index is 14.6. The minimum Gasteiger partial charge on any atom is -0.351 e. The van der Waals surface area contributed by atoms with Crippen LogP contribution in [0, 0.1) is 5.82 Å². The molecule has 1 aliphatic heterocycles. The normalized spacial score (nSPS) is 14.6. The summed E-state index contributed by atoms with van der Waals surface area (Å²) in [6, 6.07) is 13.5. The molecule has 1 aliphatic rings. The quantitative estimate of drug-likeness (QED) is 0.323. The molecule has 11 heteroatoms. The largest absolute Gasteiger partial charge is 0.351 e. The first kappa shape index (κ1) is 21.8. The molecule has 3 N–H and O–H groups in total. The third-order valence-corrected chi connectivity index (χ3v) is 5.95. The summed E-state index contributed by atoms with van der Waals surface area (Å²) >= 11 is 0. The number of nitrogens with zero attached hydrogens (tertiary/aromatic N) is 4. The molecule has 0 aliphatic carbocycles. The molecule has 1 amide bonds. The van der Waals surface area contributed by atoms with E-state index in [2.05, 4.69) is 30.5 Å². The van der Waals surface area contributed by atoms with Gasteiger partial charge in [-0.25, -0.2) is 23.1 Å². The van der Waals surface area contributed by atoms with E-state index in [1.165, 1.54) is 6.07 Å². The van der Waals surface area contributed by atoms with Crippen LogP contribution in [0.2, 0.25) is 0 Å². The van der Waals surface area contributed by atoms with Gasteiger partial charge in [0.25, 0.3) is 11.8 Å². The van der Waals surface area contributed by atoms with Crippen molar-refractivity contribution < 1.29 is 18.0 Å². The lowest BCUT2D eigenvalue weighted by Gasteiger charge is -2.38. The van der Waals surface area contributed by atoms with Gasteiger partial charge >= 0.3 is 0 Å². The zero-order valence-electron chi connectivity index (χ0n) is 18.6. The standard InChI is InChI=1S/C25H18F3N7O/c26-19-9-17(3-4-18(19)16-10-30-31-11-16)32-22-5-6-29-23(34-22)15-2-1-14-7-21(33-20(14)8-15)24(36)35-12-25(27,28)13-35/h1-11,33H,12-13H2,(H,30,31)(H,29,32,34). The molecule has 180 valence electrons. The Morgan fingerprint density at radius 1 is 1.06 bits per heavy atom. The van der Waals surface area contributed by atoms with E-state index in [0.29, 0.717) is 39.5 Å². The highest BCUT2D eigenvalue weighted by atomic mass is 19.3. The number of halogens is 3. The number of anilines is 2. The predicted octanol–water partition coefficient (Wildman–Crippen LogP) is 4.99. The summed E-state index contributed by atoms with van der Waals surface area (Å²) in [6.07, 6.45) is 4.75. The van der Waals surface area contributed by atoms with Gasteiger partial charge in [0, 0.05) is 45.7 Å². The highest BCUT2D eigenvalue weighted by Gasteiger charge is 2.46. The van der Waals surface area contributed by atoms with Crippen LogP contribution in [0.4, 0.5) is 24.7 Å². The minimum absolute atomic E-state index is 0.245. The summed E-state index contributed by atoms with van der Waals surface area (Å²) in [7, 11) is 0. The second kappa shape index (κ2) is 8.22. The average Bonchev–Trinajstić information content (AvgIpc) is 3.52. The van der Waals surface area contributed by atoms with Crippen LogP contribution in [-0.4, -0.2) is 55.0 Å². The van der Waals surface area contributed by atoms with E-state index in [9.17, 15) is 18.0 Å². The number of carbonyl (C=O) groups excluding carboxylic acids is 1. The molecule has 0 unspecified atom stereocenters. The monoisotopic (exact) mass is 489 g/mol. The van der Waals surface area contributed by atoms with Crippen LogP contribution in [0.5, 0.6) is 0 Å². The molecule has 8 nitrogen and oxygen atoms in total. The third-order valence-electron chi connectivity index (χ3n) is 5.95. The number of aromatic nitrogens is 5. The molecule has 1 saturated heterocycles. The van der Waals surface area contributed by atoms with Gasteiger partial charge in [-0.1, -0.05) is 12.1 Å². The van der Waals surface area contributed by atoms with Crippen molar-refractivity contribution in [2.45, 2.75) is 5.92 Å². The van der Waals surface area contributed by atoms with Crippen molar-refractivity contribution >= 4 is 28.3 Å². The SMILES string of the molecule is O=C(c1cc2ccc(-c3nccc(Nc4ccc(-c5cn[nH]c5)c(F)c4)n3)cc2[nH]1)N1CC(F)(F)C1. The van der Waals surface area contributed by atoms with Crippen LogP contribution in [0.1, 0.15) is 10.5 Å². The molecule has 0 atom stereocenters. The van der Waals surface area contributed by atoms with E-state index in [1.54, 1.807) is 61.1 Å². The number of fused-ring (bicyclic) bond motifs is 1. The predicted molar refractivity (Wildman–Crippen MR) is 127 cm³/mol. The first-order valence-corrected chi connectivity index (χ1v) is 11.0. The fourth-order valence-corrected chi connectivity index (χ4v) is 4.15. The van der Waals surface area contributed by atoms with E-state index in [1.807, 2.05) is 0 Å². The average molecular weight is 489 g/mol. The van der Waals surface area contributed by atoms with Gasteiger partial charge in [0.2, 0.25) is 0 Å². The number of hydrogen-bond acceptors (Lipinski definition) is 5. The van der Waals surface area contributed by atoms with Gasteiger partial charge in [0.1, 0.15) is 17.3 Å². The van der Waals surface area contributed by atoms with Crippen molar-refractivity contribution in [3.05, 3.63) is 78.6 Å². The number of amides is 1. The lowest BCUT2D eigenvalue weighted by Crippen LogP contribution is -2.58. The second-order valence-electron chi connectivity index (χ2n) is 8.57. The van der Waals surface area contributed by atoms with Gasteiger partial charge in [0.05, 0.1) is 19.3 Å². The van der Waals surface area contributed by atoms with Crippen molar-refractivity contribution in [1.29, 1.82) is 0 Å². The molecular formula is C25H18F3N7O. The smallest absolute Gasteiger partial charge is 0.282 e. The Hall–Kier alpha value is -4.67. The van der Waals surface area contributed by atoms with Gasteiger partial charge in [0.15, 0.2) is 5.82 Å². The fourth-order valence-electron chi connectivity index (χ4n) is 4.15. The summed E-state index contributed by atoms with van der Waals surface area (Å²) in [5.41, 5.74) is 3.18. The fraction of sp³-hybridized carbons (Fsp3) is 0.120. The van der Waals surface area contributed by atoms with E-state index < -0.39 is 30.7 Å². The molecule has 0 radical (unpaired) electrons. The summed E-state index contributed by atoms with van der Waals surface area (Å²) in [4.78, 5) is 25.4. The van der Waals surface area contributed by atoms with Crippen molar-refractivity contribution in [1.82, 2.24) is 30.0 Å². The van der Waals surface area contributed by atoms with Crippen molar-refractivity contribution in [2.75, 3.05) is 18.4 Å². The first-order chi connectivity index (χ1) is 17.3. The molecule has 3 aromatic heterocycles. The van der Waals surface area contributed by atoms with Gasteiger partial charge in [-0.05, 0) is 36.4 Å². The van der Waals surface area contributed by atoms with Crippen LogP contribution in [-0.2, 0) is 0 Å². The van der Waals surface area contributed by atoms with Gasteiger partial charge in [-0.15, -0.1) is 0 Å². The lowest BCUT2D eigenvalue weighted by molar-refractivity contribution is -0.113. The maximum absolute atomic E-state index is 14.6. The summed E-state index contributed by atoms with van der Waals surface area (Å²) in [6.45, 7) is -1.15. The highest BCUT2D eigenvalue weighted by Crippen LogP contribution is 2.30. The number of nitrogens with one attached hydrogen (secondary N) is 3. The van der Waals surface area contributed by atoms with Gasteiger partial charge in [-0.2, -0.15) is 5.10 Å². The number of likely N-dealkylation sites (tertiary alicyclic amines) is 1. The highest BCUT2D eigenvalue weighted by molar-refractivity contribution is 5.99. The minimum atomic E-state index is -2.82. The van der Waals surface area contributed by atoms with Crippen LogP contribution in [0.3, 0.4) is 0 Å². The van der Waals surface area contributed by atoms with Crippen LogP contribution < -0.4 is 5.32 Å². The number of carbonyl (C=O) groups is 1. The van der Waals surface area contributed by atoms with Crippen molar-refractivity contribution in [2.24, 2.45) is 0 Å². The molecule has 1 fully saturated rings. The number of aromatic amines is 2. The van der Waals surface area contributed by atoms with E-state index in [-0.39, 0.29) is 5.69 Å². The number of H-pyrrole nitrogens is 2. The summed E-state index contributed by atoms with van der Waals surface area (Å²) < 4.78 is 40.9. The number of rotatable bonds is 5. The molecule has 36 heavy (non-hydrogen) atoms. The lowest BCUT2D eigenvalue weighted by atomic mass is 10.1. The van der Waals surface area contributed by atoms with E-state index in [0.717, 1.165) is 10.3 Å². The molecular weight excluding hydrogens is 471 g/mol. The Kier molecular flexibility index (Phi) is 4.99. The summed E-state index contributed by atoms with van der Waals surface area (Å²) in [5, 5.41) is 10.4. The molecule has 0 bridgehead atoms. The molecule has 0 spiro atoms. The number of hydrogen-bond donors (Lipinski definition) is 3. The van der Waals surface area contributed by atoms with Crippen LogP contribution in [0.25, 0.3) is 33.4 Å². The van der Waals surface area contributed by atoms with Gasteiger partial charge < -0.3 is 15.2 Å². The first-order valence-electron chi connectivity index (χ1n) is 11.0. The van der Waals surface area contributed by atoms with E-state index in [4.69, 9.17) is 0 Å². The third kappa shape index (κ3) is 4.04. The molecule has 4 heterocycles. The van der Waals surface area contributed by atoms with Crippen LogP contribution >= 0.6 is 0 Å². The van der Waals surface area contributed by atoms with Crippen LogP contribution in [0.15, 0.2) is 67.1 Å². The second-order valence-corrected chi connectivity index (χ2v) is 8.57. The topological polar surface area (TPSA) is 103 Å². The maximum Gasteiger partial charge on any atom is 0.282 e. The van der Waals surface area contributed by atoms with Crippen molar-refractivity contribution in [3.8, 4) is 22.5 Å². The Bertz CT molecular complexity index is 1590.